The summed E-state index contributed by atoms with van der Waals surface area (Å²) in [5.74, 6) is -1.19. The van der Waals surface area contributed by atoms with Gasteiger partial charge in [0.25, 0.3) is 0 Å². The van der Waals surface area contributed by atoms with E-state index in [1.54, 1.807) is 48.5 Å². The lowest BCUT2D eigenvalue weighted by atomic mass is 9.87. The van der Waals surface area contributed by atoms with Crippen LogP contribution in [-0.4, -0.2) is 23.5 Å². The monoisotopic (exact) mass is 551 g/mol. The molecule has 4 rings (SSSR count). The van der Waals surface area contributed by atoms with Gasteiger partial charge in [-0.2, -0.15) is 13.2 Å². The first-order valence-electron chi connectivity index (χ1n) is 10.3. The van der Waals surface area contributed by atoms with E-state index < -0.39 is 35.7 Å². The van der Waals surface area contributed by atoms with E-state index in [-0.39, 0.29) is 18.1 Å². The predicted octanol–water partition coefficient (Wildman–Crippen LogP) is 7.36. The molecule has 0 aromatic heterocycles. The summed E-state index contributed by atoms with van der Waals surface area (Å²) in [5.41, 5.74) is 0.889. The number of ether oxygens (including phenoxy) is 1. The Morgan fingerprint density at radius 2 is 1.76 bits per heavy atom. The van der Waals surface area contributed by atoms with Gasteiger partial charge >= 0.3 is 12.3 Å². The number of amides is 2. The molecule has 0 radical (unpaired) electrons. The van der Waals surface area contributed by atoms with Gasteiger partial charge in [-0.1, -0.05) is 76.1 Å². The molecule has 9 heteroatoms. The van der Waals surface area contributed by atoms with Crippen molar-refractivity contribution in [3.63, 3.8) is 0 Å². The van der Waals surface area contributed by atoms with Gasteiger partial charge in [-0.3, -0.25) is 4.79 Å². The maximum Gasteiger partial charge on any atom is 0.417 e. The second-order valence-corrected chi connectivity index (χ2v) is 9.13. The number of halogens is 5. The van der Waals surface area contributed by atoms with Gasteiger partial charge in [0.2, 0.25) is 5.91 Å². The molecule has 1 fully saturated rings. The molecule has 1 aliphatic rings. The fourth-order valence-electron chi connectivity index (χ4n) is 3.98. The molecule has 3 aromatic rings. The molecule has 1 heterocycles. The van der Waals surface area contributed by atoms with Crippen molar-refractivity contribution in [1.29, 1.82) is 0 Å². The summed E-state index contributed by atoms with van der Waals surface area (Å²) in [4.78, 5) is 26.9. The van der Waals surface area contributed by atoms with Crippen LogP contribution in [0.15, 0.2) is 77.3 Å². The normalized spacial score (nSPS) is 16.9. The standard InChI is InChI=1S/C25H18BrClF3NO3/c26-18-9-6-15(7-10-18)20(19-11-8-17(12-21(19)27)25(28,29)30)13-23(32)31-22(14-34-24(31)33)16-4-2-1-3-5-16/h1-12,20,22H,13-14H2/t20-,22-/m0/s1. The number of nitrogens with zero attached hydrogens (tertiary/aromatic N) is 1. The molecule has 4 nitrogen and oxygen atoms in total. The number of cyclic esters (lactones) is 1. The molecule has 0 unspecified atom stereocenters. The number of carbonyl (C=O) groups is 2. The molecule has 0 aliphatic carbocycles. The van der Waals surface area contributed by atoms with Crippen molar-refractivity contribution in [2.75, 3.05) is 6.61 Å². The van der Waals surface area contributed by atoms with Crippen molar-refractivity contribution in [3.05, 3.63) is 105 Å². The number of rotatable bonds is 5. The summed E-state index contributed by atoms with van der Waals surface area (Å²) in [5, 5.41) is -0.112. The van der Waals surface area contributed by atoms with Crippen LogP contribution in [0.25, 0.3) is 0 Å². The molecule has 0 bridgehead atoms. The summed E-state index contributed by atoms with van der Waals surface area (Å²) in [6.07, 6.45) is -5.50. The molecule has 176 valence electrons. The van der Waals surface area contributed by atoms with Gasteiger partial charge in [-0.25, -0.2) is 9.69 Å². The van der Waals surface area contributed by atoms with Crippen molar-refractivity contribution in [1.82, 2.24) is 4.90 Å². The fraction of sp³-hybridized carbons (Fsp3) is 0.200. The topological polar surface area (TPSA) is 46.6 Å². The average molecular weight is 553 g/mol. The minimum atomic E-state index is -4.55. The molecule has 3 aromatic carbocycles. The summed E-state index contributed by atoms with van der Waals surface area (Å²) in [7, 11) is 0. The van der Waals surface area contributed by atoms with E-state index >= 15 is 0 Å². The van der Waals surface area contributed by atoms with Crippen LogP contribution in [0.5, 0.6) is 0 Å². The highest BCUT2D eigenvalue weighted by Crippen LogP contribution is 2.39. The first-order valence-corrected chi connectivity index (χ1v) is 11.5. The van der Waals surface area contributed by atoms with Crippen LogP contribution in [0.2, 0.25) is 5.02 Å². The lowest BCUT2D eigenvalue weighted by Gasteiger charge is -2.24. The van der Waals surface area contributed by atoms with E-state index in [0.717, 1.165) is 27.1 Å². The van der Waals surface area contributed by atoms with Crippen molar-refractivity contribution < 1.29 is 27.5 Å². The summed E-state index contributed by atoms with van der Waals surface area (Å²) < 4.78 is 45.4. The molecule has 34 heavy (non-hydrogen) atoms. The van der Waals surface area contributed by atoms with E-state index in [0.29, 0.717) is 11.1 Å². The van der Waals surface area contributed by atoms with Crippen LogP contribution in [0, 0.1) is 0 Å². The maximum atomic E-state index is 13.4. The molecule has 1 saturated heterocycles. The van der Waals surface area contributed by atoms with Crippen LogP contribution in [0.1, 0.15) is 40.6 Å². The second-order valence-electron chi connectivity index (χ2n) is 7.81. The Labute approximate surface area is 207 Å². The fourth-order valence-corrected chi connectivity index (χ4v) is 4.56. The minimum absolute atomic E-state index is 0.0264. The molecule has 1 aliphatic heterocycles. The van der Waals surface area contributed by atoms with Gasteiger partial charge in [0.1, 0.15) is 12.6 Å². The Bertz CT molecular complexity index is 1200. The molecule has 2 atom stereocenters. The van der Waals surface area contributed by atoms with E-state index in [1.165, 1.54) is 6.07 Å². The number of hydrogen-bond donors (Lipinski definition) is 0. The number of imide groups is 1. The van der Waals surface area contributed by atoms with E-state index in [9.17, 15) is 22.8 Å². The highest BCUT2D eigenvalue weighted by atomic mass is 79.9. The maximum absolute atomic E-state index is 13.4. The van der Waals surface area contributed by atoms with Crippen LogP contribution >= 0.6 is 27.5 Å². The summed E-state index contributed by atoms with van der Waals surface area (Å²) in [6.45, 7) is 0.0264. The molecule has 0 N–H and O–H groups in total. The van der Waals surface area contributed by atoms with Crippen LogP contribution in [-0.2, 0) is 15.7 Å². The van der Waals surface area contributed by atoms with Crippen LogP contribution < -0.4 is 0 Å². The number of benzene rings is 3. The third kappa shape index (κ3) is 5.13. The Morgan fingerprint density at radius 3 is 2.38 bits per heavy atom. The van der Waals surface area contributed by atoms with Crippen LogP contribution in [0.4, 0.5) is 18.0 Å². The zero-order valence-corrected chi connectivity index (χ0v) is 19.9. The first kappa shape index (κ1) is 24.3. The van der Waals surface area contributed by atoms with E-state index in [4.69, 9.17) is 16.3 Å². The van der Waals surface area contributed by atoms with Gasteiger partial charge in [-0.05, 0) is 41.0 Å². The smallest absolute Gasteiger partial charge is 0.417 e. The largest absolute Gasteiger partial charge is 0.446 e. The Hall–Kier alpha value is -2.84. The van der Waals surface area contributed by atoms with Gasteiger partial charge in [0, 0.05) is 21.8 Å². The predicted molar refractivity (Wildman–Crippen MR) is 124 cm³/mol. The minimum Gasteiger partial charge on any atom is -0.446 e. The van der Waals surface area contributed by atoms with Crippen LogP contribution in [0.3, 0.4) is 0 Å². The molecular formula is C25H18BrClF3NO3. The highest BCUT2D eigenvalue weighted by molar-refractivity contribution is 9.10. The van der Waals surface area contributed by atoms with Gasteiger partial charge in [0.15, 0.2) is 0 Å². The highest BCUT2D eigenvalue weighted by Gasteiger charge is 2.40. The number of carbonyl (C=O) groups excluding carboxylic acids is 2. The first-order chi connectivity index (χ1) is 16.1. The van der Waals surface area contributed by atoms with Gasteiger partial charge in [0.05, 0.1) is 5.56 Å². The Kier molecular flexibility index (Phi) is 7.00. The SMILES string of the molecule is O=C(C[C@@H](c1ccc(Br)cc1)c1ccc(C(F)(F)F)cc1Cl)N1C(=O)OC[C@H]1c1ccccc1. The van der Waals surface area contributed by atoms with Crippen molar-refractivity contribution in [3.8, 4) is 0 Å². The zero-order valence-electron chi connectivity index (χ0n) is 17.6. The zero-order chi connectivity index (χ0) is 24.5. The quantitative estimate of drug-likeness (QED) is 0.332. The molecule has 0 saturated carbocycles. The van der Waals surface area contributed by atoms with Crippen molar-refractivity contribution >= 4 is 39.5 Å². The third-order valence-electron chi connectivity index (χ3n) is 5.68. The number of alkyl halides is 3. The average Bonchev–Trinajstić information content (AvgIpc) is 3.20. The summed E-state index contributed by atoms with van der Waals surface area (Å²) >= 11 is 9.64. The van der Waals surface area contributed by atoms with Crippen molar-refractivity contribution in [2.24, 2.45) is 0 Å². The summed E-state index contributed by atoms with van der Waals surface area (Å²) in [6, 6.07) is 18.5. The van der Waals surface area contributed by atoms with Gasteiger partial charge in [-0.15, -0.1) is 0 Å². The lowest BCUT2D eigenvalue weighted by molar-refractivity contribution is -0.137. The molecule has 0 spiro atoms. The third-order valence-corrected chi connectivity index (χ3v) is 6.54. The van der Waals surface area contributed by atoms with Crippen molar-refractivity contribution in [2.45, 2.75) is 24.6 Å². The molecular weight excluding hydrogens is 535 g/mol. The Balaban J connectivity index is 1.70. The second kappa shape index (κ2) is 9.80. The lowest BCUT2D eigenvalue weighted by Crippen LogP contribution is -2.35. The Morgan fingerprint density at radius 1 is 1.09 bits per heavy atom. The van der Waals surface area contributed by atoms with E-state index in [1.807, 2.05) is 6.07 Å². The van der Waals surface area contributed by atoms with Gasteiger partial charge < -0.3 is 4.74 Å². The number of hydrogen-bond acceptors (Lipinski definition) is 3. The van der Waals surface area contributed by atoms with E-state index in [2.05, 4.69) is 15.9 Å². The molecule has 2 amide bonds.